The first-order valence-electron chi connectivity index (χ1n) is 7.30. The Morgan fingerprint density at radius 2 is 2.30 bits per heavy atom. The number of rotatable bonds is 5. The summed E-state index contributed by atoms with van der Waals surface area (Å²) in [5, 5.41) is 8.88. The van der Waals surface area contributed by atoms with Crippen LogP contribution in [0.5, 0.6) is 0 Å². The lowest BCUT2D eigenvalue weighted by Crippen LogP contribution is -2.62. The molecule has 23 heavy (non-hydrogen) atoms. The van der Waals surface area contributed by atoms with Gasteiger partial charge < -0.3 is 9.47 Å². The molecule has 4 atom stereocenters. The number of nitrogens with zero attached hydrogens (tertiary/aromatic N) is 1. The second kappa shape index (κ2) is 6.38. The van der Waals surface area contributed by atoms with Gasteiger partial charge in [-0.05, 0) is 24.6 Å². The Labute approximate surface area is 140 Å². The van der Waals surface area contributed by atoms with E-state index in [1.807, 2.05) is 6.07 Å². The minimum absolute atomic E-state index is 0.000526. The Balaban J connectivity index is 1.82. The van der Waals surface area contributed by atoms with Gasteiger partial charge in [0.25, 0.3) is 0 Å². The van der Waals surface area contributed by atoms with Crippen molar-refractivity contribution in [2.24, 2.45) is 11.8 Å². The molecule has 1 saturated carbocycles. The Kier molecular flexibility index (Phi) is 4.63. The van der Waals surface area contributed by atoms with Crippen LogP contribution in [0.25, 0.3) is 0 Å². The SMILES string of the molecule is COC[C@@H]1[C@@H](NS(=O)(=O)c2ccc(C#N)cc2Cl)[C@@H]2CCO[C@H]12. The fraction of sp³-hybridized carbons (Fsp3) is 0.533. The topological polar surface area (TPSA) is 88.4 Å². The highest BCUT2D eigenvalue weighted by Crippen LogP contribution is 2.44. The van der Waals surface area contributed by atoms with Gasteiger partial charge in [-0.25, -0.2) is 13.1 Å². The van der Waals surface area contributed by atoms with Crippen molar-refractivity contribution >= 4 is 21.6 Å². The molecule has 0 amide bonds. The lowest BCUT2D eigenvalue weighted by Gasteiger charge is -2.47. The predicted molar refractivity (Wildman–Crippen MR) is 83.5 cm³/mol. The maximum Gasteiger partial charge on any atom is 0.242 e. The third-order valence-corrected chi connectivity index (χ3v) is 6.47. The average molecular weight is 357 g/mol. The number of sulfonamides is 1. The first-order chi connectivity index (χ1) is 11.0. The minimum Gasteiger partial charge on any atom is -0.384 e. The number of hydrogen-bond acceptors (Lipinski definition) is 5. The van der Waals surface area contributed by atoms with E-state index in [1.54, 1.807) is 7.11 Å². The van der Waals surface area contributed by atoms with E-state index in [9.17, 15) is 8.42 Å². The van der Waals surface area contributed by atoms with E-state index in [-0.39, 0.29) is 33.9 Å². The molecule has 1 aromatic rings. The highest BCUT2D eigenvalue weighted by Gasteiger charge is 2.55. The predicted octanol–water partition coefficient (Wildman–Crippen LogP) is 1.54. The molecule has 0 spiro atoms. The van der Waals surface area contributed by atoms with E-state index in [0.29, 0.717) is 18.8 Å². The Bertz CT molecular complexity index is 746. The van der Waals surface area contributed by atoms with Crippen LogP contribution in [0.15, 0.2) is 23.1 Å². The largest absolute Gasteiger partial charge is 0.384 e. The zero-order valence-electron chi connectivity index (χ0n) is 12.5. The average Bonchev–Trinajstić information content (AvgIpc) is 2.94. The number of methoxy groups -OCH3 is 1. The van der Waals surface area contributed by atoms with Crippen molar-refractivity contribution in [3.63, 3.8) is 0 Å². The molecule has 124 valence electrons. The normalized spacial score (nSPS) is 29.6. The number of ether oxygens (including phenoxy) is 2. The first kappa shape index (κ1) is 16.7. The lowest BCUT2D eigenvalue weighted by molar-refractivity contribution is -0.0775. The molecule has 0 aromatic heterocycles. The van der Waals surface area contributed by atoms with E-state index in [4.69, 9.17) is 26.3 Å². The first-order valence-corrected chi connectivity index (χ1v) is 9.16. The molecular weight excluding hydrogens is 340 g/mol. The van der Waals surface area contributed by atoms with Crippen molar-refractivity contribution in [2.45, 2.75) is 23.5 Å². The summed E-state index contributed by atoms with van der Waals surface area (Å²) in [4.78, 5) is -0.0169. The number of nitriles is 1. The molecule has 8 heteroatoms. The van der Waals surface area contributed by atoms with Gasteiger partial charge in [-0.15, -0.1) is 0 Å². The van der Waals surface area contributed by atoms with Gasteiger partial charge in [0.1, 0.15) is 4.90 Å². The van der Waals surface area contributed by atoms with Crippen molar-refractivity contribution in [1.29, 1.82) is 5.26 Å². The van der Waals surface area contributed by atoms with Crippen LogP contribution in [0.3, 0.4) is 0 Å². The number of nitrogens with one attached hydrogen (secondary N) is 1. The number of benzene rings is 1. The second-order valence-electron chi connectivity index (χ2n) is 5.81. The molecule has 1 aliphatic carbocycles. The minimum atomic E-state index is -3.77. The van der Waals surface area contributed by atoms with Crippen molar-refractivity contribution in [1.82, 2.24) is 4.72 Å². The van der Waals surface area contributed by atoms with Crippen LogP contribution in [0.1, 0.15) is 12.0 Å². The van der Waals surface area contributed by atoms with E-state index in [1.165, 1.54) is 18.2 Å². The molecular formula is C15H17ClN2O4S. The number of fused-ring (bicyclic) bond motifs is 1. The van der Waals surface area contributed by atoms with Crippen molar-refractivity contribution in [3.05, 3.63) is 28.8 Å². The van der Waals surface area contributed by atoms with Gasteiger partial charge in [-0.3, -0.25) is 0 Å². The van der Waals surface area contributed by atoms with Gasteiger partial charge in [-0.2, -0.15) is 5.26 Å². The van der Waals surface area contributed by atoms with Crippen molar-refractivity contribution < 1.29 is 17.9 Å². The molecule has 0 bridgehead atoms. The van der Waals surface area contributed by atoms with Gasteiger partial charge in [0.05, 0.1) is 29.4 Å². The van der Waals surface area contributed by atoms with E-state index >= 15 is 0 Å². The molecule has 0 radical (unpaired) electrons. The van der Waals surface area contributed by atoms with E-state index < -0.39 is 10.0 Å². The van der Waals surface area contributed by atoms with Crippen LogP contribution in [-0.4, -0.2) is 40.9 Å². The van der Waals surface area contributed by atoms with Crippen molar-refractivity contribution in [2.75, 3.05) is 20.3 Å². The summed E-state index contributed by atoms with van der Waals surface area (Å²) in [7, 11) is -2.18. The zero-order chi connectivity index (χ0) is 16.6. The van der Waals surface area contributed by atoms with Crippen LogP contribution < -0.4 is 4.72 Å². The quantitative estimate of drug-likeness (QED) is 0.864. The summed E-state index contributed by atoms with van der Waals surface area (Å²) in [6, 6.07) is 5.86. The van der Waals surface area contributed by atoms with E-state index in [0.717, 1.165) is 6.42 Å². The summed E-state index contributed by atoms with van der Waals surface area (Å²) in [5.41, 5.74) is 0.319. The summed E-state index contributed by atoms with van der Waals surface area (Å²) in [6.07, 6.45) is 0.887. The van der Waals surface area contributed by atoms with Crippen molar-refractivity contribution in [3.8, 4) is 6.07 Å². The second-order valence-corrected chi connectivity index (χ2v) is 7.90. The van der Waals surface area contributed by atoms with Gasteiger partial charge >= 0.3 is 0 Å². The summed E-state index contributed by atoms with van der Waals surface area (Å²) < 4.78 is 38.8. The lowest BCUT2D eigenvalue weighted by atomic mass is 9.68. The third kappa shape index (κ3) is 2.97. The number of halogens is 1. The van der Waals surface area contributed by atoms with Gasteiger partial charge in [0.15, 0.2) is 0 Å². The maximum absolute atomic E-state index is 12.6. The maximum atomic E-state index is 12.6. The Hall–Kier alpha value is -1.17. The van der Waals surface area contributed by atoms with Crippen LogP contribution >= 0.6 is 11.6 Å². The Morgan fingerprint density at radius 3 is 2.96 bits per heavy atom. The number of hydrogen-bond donors (Lipinski definition) is 1. The molecule has 1 heterocycles. The Morgan fingerprint density at radius 1 is 1.52 bits per heavy atom. The monoisotopic (exact) mass is 356 g/mol. The van der Waals surface area contributed by atoms with Crippen LogP contribution in [0.4, 0.5) is 0 Å². The van der Waals surface area contributed by atoms with Crippen LogP contribution in [0.2, 0.25) is 5.02 Å². The van der Waals surface area contributed by atoms with E-state index in [2.05, 4.69) is 4.72 Å². The highest BCUT2D eigenvalue weighted by molar-refractivity contribution is 7.89. The van der Waals surface area contributed by atoms with Gasteiger partial charge in [0, 0.05) is 31.6 Å². The zero-order valence-corrected chi connectivity index (χ0v) is 14.1. The fourth-order valence-corrected chi connectivity index (χ4v) is 5.31. The molecule has 2 fully saturated rings. The fourth-order valence-electron chi connectivity index (χ4n) is 3.43. The highest BCUT2D eigenvalue weighted by atomic mass is 35.5. The molecule has 6 nitrogen and oxygen atoms in total. The third-order valence-electron chi connectivity index (χ3n) is 4.53. The molecule has 1 saturated heterocycles. The standard InChI is InChI=1S/C15H17ClN2O4S/c1-21-8-11-14(10-4-5-22-15(10)11)18-23(19,20)13-3-2-9(7-17)6-12(13)16/h2-3,6,10-11,14-15,18H,4-5,8H2,1H3/t10-,11+,14-,15-/m0/s1. The molecule has 3 rings (SSSR count). The summed E-state index contributed by atoms with van der Waals surface area (Å²) in [5.74, 6) is 0.168. The van der Waals surface area contributed by atoms with Gasteiger partial charge in [-0.1, -0.05) is 11.6 Å². The molecule has 1 N–H and O–H groups in total. The molecule has 2 aliphatic rings. The molecule has 1 aromatic carbocycles. The summed E-state index contributed by atoms with van der Waals surface area (Å²) in [6.45, 7) is 1.08. The molecule has 1 aliphatic heterocycles. The molecule has 0 unspecified atom stereocenters. The van der Waals surface area contributed by atoms with Crippen LogP contribution in [-0.2, 0) is 19.5 Å². The van der Waals surface area contributed by atoms with Crippen LogP contribution in [0, 0.1) is 23.2 Å². The smallest absolute Gasteiger partial charge is 0.242 e. The van der Waals surface area contributed by atoms with Gasteiger partial charge in [0.2, 0.25) is 10.0 Å². The summed E-state index contributed by atoms with van der Waals surface area (Å²) >= 11 is 6.03.